The van der Waals surface area contributed by atoms with Crippen molar-refractivity contribution in [3.05, 3.63) is 12.2 Å². The lowest BCUT2D eigenvalue weighted by molar-refractivity contribution is -0.352. The highest BCUT2D eigenvalue weighted by Gasteiger charge is 2.67. The summed E-state index contributed by atoms with van der Waals surface area (Å²) in [5.41, 5.74) is -0.813. The van der Waals surface area contributed by atoms with Gasteiger partial charge in [0.25, 0.3) is 0 Å². The number of alkyl halides is 8. The molecule has 0 aliphatic heterocycles. The maximum Gasteiger partial charge on any atom is 0.466 e. The summed E-state index contributed by atoms with van der Waals surface area (Å²) in [7, 11) is -6.34. The molecule has 170 valence electrons. The van der Waals surface area contributed by atoms with Crippen molar-refractivity contribution < 1.29 is 67.2 Å². The molecule has 0 fully saturated rings. The highest BCUT2D eigenvalue weighted by molar-refractivity contribution is 7.86. The largest absolute Gasteiger partial charge is 0.466 e. The van der Waals surface area contributed by atoms with Crippen LogP contribution < -0.4 is 5.32 Å². The molecule has 29 heavy (non-hydrogen) atoms. The minimum absolute atomic E-state index is 0.762. The van der Waals surface area contributed by atoms with E-state index in [2.05, 4.69) is 16.1 Å². The molecular weight excluding hydrogens is 454 g/mol. The number of hydrogen-bond acceptors (Lipinski definition) is 6. The molecule has 1 unspecified atom stereocenters. The molecule has 0 saturated heterocycles. The average Bonchev–Trinajstić information content (AvgIpc) is 2.47. The molecule has 0 spiro atoms. The monoisotopic (exact) mass is 467 g/mol. The van der Waals surface area contributed by atoms with Crippen molar-refractivity contribution in [3.8, 4) is 0 Å². The molecular formula is C12H13F8NO7S. The number of esters is 1. The Morgan fingerprint density at radius 3 is 1.90 bits per heavy atom. The van der Waals surface area contributed by atoms with Crippen LogP contribution in [-0.2, 0) is 29.2 Å². The van der Waals surface area contributed by atoms with Crippen molar-refractivity contribution in [2.75, 3.05) is 13.2 Å². The van der Waals surface area contributed by atoms with Crippen LogP contribution in [0.25, 0.3) is 0 Å². The van der Waals surface area contributed by atoms with E-state index in [4.69, 9.17) is 4.55 Å². The molecule has 0 saturated carbocycles. The van der Waals surface area contributed by atoms with Gasteiger partial charge in [0.1, 0.15) is 6.61 Å². The van der Waals surface area contributed by atoms with Crippen molar-refractivity contribution in [2.24, 2.45) is 0 Å². The van der Waals surface area contributed by atoms with E-state index in [1.165, 1.54) is 0 Å². The second-order valence-electron chi connectivity index (χ2n) is 5.31. The predicted molar refractivity (Wildman–Crippen MR) is 75.8 cm³/mol. The Bertz CT molecular complexity index is 746. The number of amides is 1. The van der Waals surface area contributed by atoms with Crippen LogP contribution in [0.4, 0.5) is 35.1 Å². The Labute approximate surface area is 157 Å². The molecule has 1 amide bonds. The first-order valence-corrected chi connectivity index (χ1v) is 8.40. The number of carbonyl (C=O) groups excluding carboxylic acids is 2. The van der Waals surface area contributed by atoms with Crippen molar-refractivity contribution in [2.45, 2.75) is 36.7 Å². The first-order chi connectivity index (χ1) is 12.7. The normalized spacial score (nSPS) is 15.4. The van der Waals surface area contributed by atoms with E-state index in [1.807, 2.05) is 0 Å². The van der Waals surface area contributed by atoms with E-state index < -0.39 is 70.5 Å². The third-order valence-corrected chi connectivity index (χ3v) is 3.64. The van der Waals surface area contributed by atoms with Crippen LogP contribution in [0, 0.1) is 0 Å². The third-order valence-electron chi connectivity index (χ3n) is 2.77. The molecule has 0 bridgehead atoms. The zero-order valence-electron chi connectivity index (χ0n) is 14.2. The van der Waals surface area contributed by atoms with Crippen LogP contribution >= 0.6 is 0 Å². The molecule has 0 aliphatic rings. The lowest BCUT2D eigenvalue weighted by atomic mass is 10.2. The Morgan fingerprint density at radius 2 is 1.55 bits per heavy atom. The lowest BCUT2D eigenvalue weighted by Crippen LogP contribution is -2.62. The van der Waals surface area contributed by atoms with Crippen molar-refractivity contribution in [1.82, 2.24) is 5.32 Å². The first kappa shape index (κ1) is 27.0. The van der Waals surface area contributed by atoms with E-state index in [1.54, 1.807) is 0 Å². The molecule has 0 aromatic rings. The van der Waals surface area contributed by atoms with E-state index >= 15 is 0 Å². The number of halogens is 8. The van der Waals surface area contributed by atoms with Gasteiger partial charge in [-0.15, -0.1) is 0 Å². The van der Waals surface area contributed by atoms with Crippen LogP contribution in [0.1, 0.15) is 13.3 Å². The summed E-state index contributed by atoms with van der Waals surface area (Å²) < 4.78 is 140. The molecule has 0 radical (unpaired) electrons. The van der Waals surface area contributed by atoms with Crippen LogP contribution in [0.3, 0.4) is 0 Å². The van der Waals surface area contributed by atoms with Gasteiger partial charge in [0.2, 0.25) is 0 Å². The fourth-order valence-corrected chi connectivity index (χ4v) is 1.53. The van der Waals surface area contributed by atoms with Gasteiger partial charge in [-0.2, -0.15) is 43.5 Å². The number of rotatable bonds is 9. The van der Waals surface area contributed by atoms with Crippen LogP contribution in [0.15, 0.2) is 12.2 Å². The Kier molecular flexibility index (Phi) is 8.17. The van der Waals surface area contributed by atoms with Gasteiger partial charge in [0, 0.05) is 12.1 Å². The number of nitrogens with one attached hydrogen (secondary N) is 1. The zero-order chi connectivity index (χ0) is 23.5. The van der Waals surface area contributed by atoms with Crippen molar-refractivity contribution in [3.63, 3.8) is 0 Å². The smallest absolute Gasteiger partial charge is 0.412 e. The second-order valence-corrected chi connectivity index (χ2v) is 6.85. The summed E-state index contributed by atoms with van der Waals surface area (Å²) in [5, 5.41) is -4.37. The predicted octanol–water partition coefficient (Wildman–Crippen LogP) is 1.93. The van der Waals surface area contributed by atoms with Crippen LogP contribution in [0.2, 0.25) is 0 Å². The average molecular weight is 467 g/mol. The maximum atomic E-state index is 13.4. The van der Waals surface area contributed by atoms with Crippen LogP contribution in [-0.4, -0.2) is 61.4 Å². The summed E-state index contributed by atoms with van der Waals surface area (Å²) in [6.07, 6.45) is -13.0. The van der Waals surface area contributed by atoms with Crippen molar-refractivity contribution in [1.29, 1.82) is 0 Å². The van der Waals surface area contributed by atoms with Crippen LogP contribution in [0.5, 0.6) is 0 Å². The summed E-state index contributed by atoms with van der Waals surface area (Å²) in [5.74, 6) is -9.69. The Balaban J connectivity index is 6.05. The fraction of sp³-hybridized carbons (Fsp3) is 0.667. The SMILES string of the molecule is C=C(C)C(=O)OC(OCC(F)(F)S(=O)(=O)O)(C(=O)NCCC(F)(F)F)C(F)(F)F. The molecule has 2 N–H and O–H groups in total. The van der Waals surface area contributed by atoms with Gasteiger partial charge >= 0.3 is 45.4 Å². The third kappa shape index (κ3) is 7.39. The number of ether oxygens (including phenoxy) is 2. The van der Waals surface area contributed by atoms with Gasteiger partial charge in [-0.05, 0) is 6.92 Å². The van der Waals surface area contributed by atoms with Gasteiger partial charge < -0.3 is 14.8 Å². The van der Waals surface area contributed by atoms with Gasteiger partial charge in [-0.3, -0.25) is 9.35 Å². The Morgan fingerprint density at radius 1 is 1.07 bits per heavy atom. The molecule has 0 aliphatic carbocycles. The summed E-state index contributed by atoms with van der Waals surface area (Å²) in [6.45, 7) is -0.748. The highest BCUT2D eigenvalue weighted by atomic mass is 32.2. The summed E-state index contributed by atoms with van der Waals surface area (Å²) >= 11 is 0. The quantitative estimate of drug-likeness (QED) is 0.175. The molecule has 0 heterocycles. The van der Waals surface area contributed by atoms with E-state index in [-0.39, 0.29) is 0 Å². The molecule has 0 aromatic carbocycles. The summed E-state index contributed by atoms with van der Waals surface area (Å²) in [4.78, 5) is 23.3. The van der Waals surface area contributed by atoms with E-state index in [0.717, 1.165) is 12.2 Å². The number of carbonyl (C=O) groups is 2. The molecule has 17 heteroatoms. The topological polar surface area (TPSA) is 119 Å². The highest BCUT2D eigenvalue weighted by Crippen LogP contribution is 2.38. The maximum absolute atomic E-state index is 13.4. The van der Waals surface area contributed by atoms with Gasteiger partial charge in [0.05, 0.1) is 6.42 Å². The standard InChI is InChI=1S/C12H13F8NO7S/c1-6(2)7(22)28-11(12(18,19)20,8(23)21-4-3-9(13,14)15)27-5-10(16,17)29(24,25)26/h1,3-5H2,2H3,(H,21,23)(H,24,25,26). The number of hydrogen-bond donors (Lipinski definition) is 2. The molecule has 0 aromatic heterocycles. The minimum atomic E-state index is -6.34. The lowest BCUT2D eigenvalue weighted by Gasteiger charge is -2.33. The molecule has 0 rings (SSSR count). The first-order valence-electron chi connectivity index (χ1n) is 6.96. The Hall–Kier alpha value is -2.01. The van der Waals surface area contributed by atoms with Gasteiger partial charge in [-0.1, -0.05) is 6.58 Å². The molecule has 1 atom stereocenters. The second kappa shape index (κ2) is 8.78. The molecule has 8 nitrogen and oxygen atoms in total. The van der Waals surface area contributed by atoms with Gasteiger partial charge in [-0.25, -0.2) is 4.79 Å². The van der Waals surface area contributed by atoms with E-state index in [0.29, 0.717) is 0 Å². The minimum Gasteiger partial charge on any atom is -0.412 e. The van der Waals surface area contributed by atoms with Crippen molar-refractivity contribution >= 4 is 22.0 Å². The van der Waals surface area contributed by atoms with E-state index in [9.17, 15) is 53.1 Å². The van der Waals surface area contributed by atoms with Gasteiger partial charge in [0.15, 0.2) is 0 Å². The zero-order valence-corrected chi connectivity index (χ0v) is 15.0. The fourth-order valence-electron chi connectivity index (χ4n) is 1.32. The summed E-state index contributed by atoms with van der Waals surface area (Å²) in [6, 6.07) is 0.